The summed E-state index contributed by atoms with van der Waals surface area (Å²) in [6.45, 7) is 7.65. The van der Waals surface area contributed by atoms with Crippen LogP contribution in [0.5, 0.6) is 0 Å². The Morgan fingerprint density at radius 3 is 2.43 bits per heavy atom. The van der Waals surface area contributed by atoms with Crippen LogP contribution in [0.2, 0.25) is 0 Å². The van der Waals surface area contributed by atoms with Crippen LogP contribution in [-0.2, 0) is 15.7 Å². The van der Waals surface area contributed by atoms with Crippen molar-refractivity contribution < 1.29 is 13.7 Å². The van der Waals surface area contributed by atoms with Crippen LogP contribution in [-0.4, -0.2) is 24.4 Å². The zero-order chi connectivity index (χ0) is 15.7. The summed E-state index contributed by atoms with van der Waals surface area (Å²) in [4.78, 5) is 0. The van der Waals surface area contributed by atoms with Crippen LogP contribution < -0.4 is 0 Å². The molecule has 1 atom stereocenters. The van der Waals surface area contributed by atoms with Crippen molar-refractivity contribution in [3.05, 3.63) is 35.4 Å². The number of halogens is 1. The van der Waals surface area contributed by atoms with Gasteiger partial charge in [-0.2, -0.15) is 5.26 Å². The summed E-state index contributed by atoms with van der Waals surface area (Å²) in [5.41, 5.74) is 0.526. The van der Waals surface area contributed by atoms with Crippen LogP contribution in [0, 0.1) is 11.3 Å². The quantitative estimate of drug-likeness (QED) is 0.797. The lowest BCUT2D eigenvalue weighted by molar-refractivity contribution is 0.00578. The van der Waals surface area contributed by atoms with Gasteiger partial charge in [-0.15, -0.1) is 0 Å². The third kappa shape index (κ3) is 3.45. The van der Waals surface area contributed by atoms with Crippen LogP contribution in [0.25, 0.3) is 0 Å². The van der Waals surface area contributed by atoms with E-state index >= 15 is 0 Å². The maximum Gasteiger partial charge on any atom is 0.494 e. The van der Waals surface area contributed by atoms with E-state index in [-0.39, 0.29) is 0 Å². The summed E-state index contributed by atoms with van der Waals surface area (Å²) in [5, 5.41) is 8.86. The summed E-state index contributed by atoms with van der Waals surface area (Å²) < 4.78 is 25.8. The number of rotatable bonds is 4. The SMILES string of the molecule is CC1(C)OB(C(F)CCc2cccc(C#N)c2)OC1(C)C. The Labute approximate surface area is 126 Å². The van der Waals surface area contributed by atoms with Crippen molar-refractivity contribution in [2.24, 2.45) is 0 Å². The van der Waals surface area contributed by atoms with E-state index in [2.05, 4.69) is 6.07 Å². The minimum atomic E-state index is -1.18. The number of alkyl halides is 1. The lowest BCUT2D eigenvalue weighted by atomic mass is 9.79. The van der Waals surface area contributed by atoms with Crippen LogP contribution in [0.4, 0.5) is 4.39 Å². The smallest absolute Gasteiger partial charge is 0.401 e. The lowest BCUT2D eigenvalue weighted by Gasteiger charge is -2.32. The Bertz CT molecular complexity index is 537. The lowest BCUT2D eigenvalue weighted by Crippen LogP contribution is -2.41. The molecule has 1 aliphatic rings. The van der Waals surface area contributed by atoms with Gasteiger partial charge in [-0.1, -0.05) is 12.1 Å². The predicted octanol–water partition coefficient (Wildman–Crippen LogP) is 3.46. The number of nitrogens with zero attached hydrogens (tertiary/aromatic N) is 1. The Morgan fingerprint density at radius 1 is 1.24 bits per heavy atom. The maximum atomic E-state index is 14.3. The third-order valence-corrected chi connectivity index (χ3v) is 4.33. The van der Waals surface area contributed by atoms with Gasteiger partial charge in [0.1, 0.15) is 6.07 Å². The summed E-state index contributed by atoms with van der Waals surface area (Å²) in [6, 6.07) is 9.33. The van der Waals surface area contributed by atoms with E-state index in [1.54, 1.807) is 12.1 Å². The molecular weight excluding hydrogens is 268 g/mol. The average molecular weight is 289 g/mol. The highest BCUT2D eigenvalue weighted by atomic mass is 19.1. The monoisotopic (exact) mass is 289 g/mol. The van der Waals surface area contributed by atoms with Gasteiger partial charge in [-0.05, 0) is 58.2 Å². The summed E-state index contributed by atoms with van der Waals surface area (Å²) in [5.74, 6) is 0. The molecule has 3 nitrogen and oxygen atoms in total. The minimum Gasteiger partial charge on any atom is -0.401 e. The zero-order valence-corrected chi connectivity index (χ0v) is 13.0. The first-order valence-corrected chi connectivity index (χ1v) is 7.24. The fraction of sp³-hybridized carbons (Fsp3) is 0.562. The second kappa shape index (κ2) is 5.78. The highest BCUT2D eigenvalue weighted by Crippen LogP contribution is 2.38. The molecule has 2 rings (SSSR count). The first-order valence-electron chi connectivity index (χ1n) is 7.24. The minimum absolute atomic E-state index is 0.311. The molecule has 0 N–H and O–H groups in total. The van der Waals surface area contributed by atoms with Crippen LogP contribution in [0.3, 0.4) is 0 Å². The molecule has 0 spiro atoms. The number of aryl methyl sites for hydroxylation is 1. The standard InChI is InChI=1S/C16H21BFNO2/c1-15(2)16(3,4)21-17(20-15)14(18)9-8-12-6-5-7-13(10-12)11-19/h5-7,10,14H,8-9H2,1-4H3. The van der Waals surface area contributed by atoms with E-state index in [4.69, 9.17) is 14.6 Å². The molecule has 0 amide bonds. The molecule has 5 heteroatoms. The van der Waals surface area contributed by atoms with Crippen molar-refractivity contribution in [2.75, 3.05) is 0 Å². The van der Waals surface area contributed by atoms with Gasteiger partial charge >= 0.3 is 7.12 Å². The molecule has 1 aromatic rings. The maximum absolute atomic E-state index is 14.3. The van der Waals surface area contributed by atoms with Gasteiger partial charge < -0.3 is 9.31 Å². The van der Waals surface area contributed by atoms with Crippen molar-refractivity contribution in [3.8, 4) is 6.07 Å². The molecule has 1 heterocycles. The van der Waals surface area contributed by atoms with Crippen LogP contribution >= 0.6 is 0 Å². The van der Waals surface area contributed by atoms with E-state index in [0.29, 0.717) is 18.4 Å². The largest absolute Gasteiger partial charge is 0.494 e. The van der Waals surface area contributed by atoms with E-state index in [9.17, 15) is 4.39 Å². The number of benzene rings is 1. The zero-order valence-electron chi connectivity index (χ0n) is 13.0. The molecule has 112 valence electrons. The number of hydrogen-bond donors (Lipinski definition) is 0. The Morgan fingerprint density at radius 2 is 1.86 bits per heavy atom. The van der Waals surface area contributed by atoms with Crippen molar-refractivity contribution >= 4 is 7.12 Å². The fourth-order valence-corrected chi connectivity index (χ4v) is 2.27. The normalized spacial score (nSPS) is 21.0. The number of hydrogen-bond acceptors (Lipinski definition) is 3. The van der Waals surface area contributed by atoms with E-state index in [1.807, 2.05) is 39.8 Å². The van der Waals surface area contributed by atoms with Crippen molar-refractivity contribution in [2.45, 2.75) is 57.8 Å². The molecule has 0 bridgehead atoms. The first kappa shape index (κ1) is 16.0. The van der Waals surface area contributed by atoms with Gasteiger partial charge in [0, 0.05) is 0 Å². The molecule has 1 aromatic carbocycles. The molecule has 1 saturated heterocycles. The van der Waals surface area contributed by atoms with Gasteiger partial charge in [-0.25, -0.2) is 0 Å². The van der Waals surface area contributed by atoms with E-state index < -0.39 is 24.4 Å². The Hall–Kier alpha value is -1.38. The second-order valence-corrected chi connectivity index (χ2v) is 6.49. The van der Waals surface area contributed by atoms with Gasteiger partial charge in [0.15, 0.2) is 0 Å². The molecular formula is C16H21BFNO2. The van der Waals surface area contributed by atoms with Crippen molar-refractivity contribution in [3.63, 3.8) is 0 Å². The first-order chi connectivity index (χ1) is 9.75. The molecule has 0 aromatic heterocycles. The summed E-state index contributed by atoms with van der Waals surface area (Å²) in [7, 11) is -0.825. The topological polar surface area (TPSA) is 42.2 Å². The highest BCUT2D eigenvalue weighted by molar-refractivity contribution is 6.47. The van der Waals surface area contributed by atoms with Gasteiger partial charge in [0.25, 0.3) is 0 Å². The molecule has 0 saturated carbocycles. The van der Waals surface area contributed by atoms with Gasteiger partial charge in [0.2, 0.25) is 0 Å². The van der Waals surface area contributed by atoms with Crippen LogP contribution in [0.1, 0.15) is 45.2 Å². The molecule has 21 heavy (non-hydrogen) atoms. The number of nitriles is 1. The third-order valence-electron chi connectivity index (χ3n) is 4.33. The van der Waals surface area contributed by atoms with Gasteiger partial charge in [0.05, 0.1) is 22.8 Å². The van der Waals surface area contributed by atoms with Crippen molar-refractivity contribution in [1.82, 2.24) is 0 Å². The molecule has 1 aliphatic heterocycles. The molecule has 1 fully saturated rings. The fourth-order valence-electron chi connectivity index (χ4n) is 2.27. The molecule has 0 radical (unpaired) electrons. The predicted molar refractivity (Wildman–Crippen MR) is 80.5 cm³/mol. The summed E-state index contributed by atoms with van der Waals surface area (Å²) in [6.07, 6.45) is -0.316. The van der Waals surface area contributed by atoms with Crippen LogP contribution in [0.15, 0.2) is 24.3 Å². The molecule has 1 unspecified atom stereocenters. The van der Waals surface area contributed by atoms with E-state index in [0.717, 1.165) is 5.56 Å². The van der Waals surface area contributed by atoms with E-state index in [1.165, 1.54) is 0 Å². The van der Waals surface area contributed by atoms with Gasteiger partial charge in [-0.3, -0.25) is 4.39 Å². The highest BCUT2D eigenvalue weighted by Gasteiger charge is 2.54. The Balaban J connectivity index is 1.94. The van der Waals surface area contributed by atoms with Crippen molar-refractivity contribution in [1.29, 1.82) is 5.26 Å². The summed E-state index contributed by atoms with van der Waals surface area (Å²) >= 11 is 0. The Kier molecular flexibility index (Phi) is 4.41. The average Bonchev–Trinajstić information content (AvgIpc) is 2.65. The molecule has 0 aliphatic carbocycles. The second-order valence-electron chi connectivity index (χ2n) is 6.49.